The molecule has 3 amide bonds. The summed E-state index contributed by atoms with van der Waals surface area (Å²) in [4.78, 5) is 49.7. The molecule has 174 valence electrons. The molecule has 1 aliphatic heterocycles. The number of carbonyl (C=O) groups is 4. The van der Waals surface area contributed by atoms with Gasteiger partial charge in [0.15, 0.2) is 0 Å². The molecule has 1 aliphatic rings. The maximum absolute atomic E-state index is 12.6. The second-order valence-electron chi connectivity index (χ2n) is 7.71. The van der Waals surface area contributed by atoms with Crippen molar-refractivity contribution < 1.29 is 28.7 Å². The highest BCUT2D eigenvalue weighted by atomic mass is 16.5. The third kappa shape index (κ3) is 6.55. The highest BCUT2D eigenvalue weighted by molar-refractivity contribution is 5.99. The summed E-state index contributed by atoms with van der Waals surface area (Å²) in [5.74, 6) is -1.31. The van der Waals surface area contributed by atoms with Gasteiger partial charge >= 0.3 is 5.97 Å². The first-order chi connectivity index (χ1) is 15.9. The number of methoxy groups -OCH3 is 2. The minimum atomic E-state index is -1.02. The van der Waals surface area contributed by atoms with Gasteiger partial charge in [-0.1, -0.05) is 42.5 Å². The van der Waals surface area contributed by atoms with Crippen molar-refractivity contribution in [2.45, 2.75) is 37.4 Å². The Balaban J connectivity index is 1.57. The third-order valence-electron chi connectivity index (χ3n) is 5.36. The fourth-order valence-electron chi connectivity index (χ4n) is 3.58. The van der Waals surface area contributed by atoms with Gasteiger partial charge < -0.3 is 25.4 Å². The van der Waals surface area contributed by atoms with E-state index in [1.54, 1.807) is 31.4 Å². The molecular weight excluding hydrogens is 426 g/mol. The van der Waals surface area contributed by atoms with Gasteiger partial charge in [0.2, 0.25) is 17.7 Å². The Morgan fingerprint density at radius 1 is 0.909 bits per heavy atom. The number of amides is 3. The van der Waals surface area contributed by atoms with Crippen LogP contribution >= 0.6 is 0 Å². The van der Waals surface area contributed by atoms with E-state index in [-0.39, 0.29) is 18.7 Å². The summed E-state index contributed by atoms with van der Waals surface area (Å²) in [6.45, 7) is 0. The van der Waals surface area contributed by atoms with Crippen LogP contribution in [0.15, 0.2) is 54.6 Å². The molecule has 1 fully saturated rings. The molecule has 2 aromatic rings. The van der Waals surface area contributed by atoms with Crippen molar-refractivity contribution in [2.75, 3.05) is 14.2 Å². The second kappa shape index (κ2) is 11.1. The van der Waals surface area contributed by atoms with E-state index < -0.39 is 35.9 Å². The normalized spacial score (nSPS) is 18.5. The minimum absolute atomic E-state index is 0.199. The summed E-state index contributed by atoms with van der Waals surface area (Å²) in [5, 5.41) is 7.88. The summed E-state index contributed by atoms with van der Waals surface area (Å²) in [5.41, 5.74) is 1.70. The molecule has 0 aliphatic carbocycles. The van der Waals surface area contributed by atoms with Crippen molar-refractivity contribution in [3.05, 3.63) is 65.7 Å². The molecule has 0 saturated carbocycles. The summed E-state index contributed by atoms with van der Waals surface area (Å²) in [6, 6.07) is 13.7. The number of carbonyl (C=O) groups excluding carboxylic acids is 4. The molecule has 1 saturated heterocycles. The molecule has 0 bridgehead atoms. The van der Waals surface area contributed by atoms with E-state index in [1.165, 1.54) is 7.11 Å². The molecule has 3 rings (SSSR count). The van der Waals surface area contributed by atoms with E-state index in [1.807, 2.05) is 30.3 Å². The SMILES string of the molecule is COC(=O)[C@H](Cc1ccc(OC)cc1)NC(=O)C[C@@H]1NC(=O)[C@H](Cc2ccccc2)NC1=O. The summed E-state index contributed by atoms with van der Waals surface area (Å²) < 4.78 is 9.92. The Morgan fingerprint density at radius 2 is 1.55 bits per heavy atom. The van der Waals surface area contributed by atoms with E-state index >= 15 is 0 Å². The van der Waals surface area contributed by atoms with Crippen molar-refractivity contribution in [2.24, 2.45) is 0 Å². The molecule has 1 heterocycles. The average molecular weight is 453 g/mol. The number of rotatable bonds is 9. The van der Waals surface area contributed by atoms with Crippen LogP contribution in [0.4, 0.5) is 0 Å². The highest BCUT2D eigenvalue weighted by Crippen LogP contribution is 2.14. The van der Waals surface area contributed by atoms with Crippen molar-refractivity contribution in [3.8, 4) is 5.75 Å². The fourth-order valence-corrected chi connectivity index (χ4v) is 3.58. The molecule has 3 atom stereocenters. The standard InChI is InChI=1S/C24H27N3O6/c1-32-17-10-8-16(9-11-17)13-20(24(31)33-2)25-21(28)14-19-23(30)26-18(22(29)27-19)12-15-6-4-3-5-7-15/h3-11,18-20H,12-14H2,1-2H3,(H,25,28)(H,26,30)(H,27,29)/t18-,19-,20-/m0/s1. The van der Waals surface area contributed by atoms with Crippen LogP contribution in [0.5, 0.6) is 5.75 Å². The molecular formula is C24H27N3O6. The lowest BCUT2D eigenvalue weighted by Gasteiger charge is -2.29. The number of nitrogens with one attached hydrogen (secondary N) is 3. The quantitative estimate of drug-likeness (QED) is 0.476. The first-order valence-corrected chi connectivity index (χ1v) is 10.5. The lowest BCUT2D eigenvalue weighted by atomic mass is 10.0. The number of hydrogen-bond donors (Lipinski definition) is 3. The largest absolute Gasteiger partial charge is 0.497 e. The Bertz CT molecular complexity index is 993. The van der Waals surface area contributed by atoms with E-state index in [0.29, 0.717) is 12.2 Å². The van der Waals surface area contributed by atoms with Crippen LogP contribution in [0.3, 0.4) is 0 Å². The number of ether oxygens (including phenoxy) is 2. The van der Waals surface area contributed by atoms with Crippen LogP contribution in [0.2, 0.25) is 0 Å². The number of hydrogen-bond acceptors (Lipinski definition) is 6. The van der Waals surface area contributed by atoms with Crippen LogP contribution in [0, 0.1) is 0 Å². The van der Waals surface area contributed by atoms with E-state index in [0.717, 1.165) is 11.1 Å². The van der Waals surface area contributed by atoms with Gasteiger partial charge in [0.05, 0.1) is 20.6 Å². The summed E-state index contributed by atoms with van der Waals surface area (Å²) in [6.07, 6.45) is 0.250. The van der Waals surface area contributed by atoms with Gasteiger partial charge in [-0.05, 0) is 23.3 Å². The van der Waals surface area contributed by atoms with Crippen molar-refractivity contribution in [1.82, 2.24) is 16.0 Å². The highest BCUT2D eigenvalue weighted by Gasteiger charge is 2.35. The van der Waals surface area contributed by atoms with Crippen LogP contribution in [0.1, 0.15) is 17.5 Å². The second-order valence-corrected chi connectivity index (χ2v) is 7.71. The molecule has 0 radical (unpaired) electrons. The van der Waals surface area contributed by atoms with Crippen LogP contribution in [-0.2, 0) is 36.8 Å². The topological polar surface area (TPSA) is 123 Å². The monoisotopic (exact) mass is 453 g/mol. The third-order valence-corrected chi connectivity index (χ3v) is 5.36. The van der Waals surface area contributed by atoms with E-state index in [2.05, 4.69) is 16.0 Å². The van der Waals surface area contributed by atoms with Gasteiger partial charge in [0.25, 0.3) is 0 Å². The van der Waals surface area contributed by atoms with Gasteiger partial charge in [0.1, 0.15) is 23.9 Å². The Morgan fingerprint density at radius 3 is 2.18 bits per heavy atom. The van der Waals surface area contributed by atoms with Gasteiger partial charge in [-0.2, -0.15) is 0 Å². The van der Waals surface area contributed by atoms with Gasteiger partial charge in [-0.3, -0.25) is 14.4 Å². The van der Waals surface area contributed by atoms with Crippen LogP contribution in [0.25, 0.3) is 0 Å². The summed E-state index contributed by atoms with van der Waals surface area (Å²) >= 11 is 0. The first-order valence-electron chi connectivity index (χ1n) is 10.5. The van der Waals surface area contributed by atoms with Crippen molar-refractivity contribution in [1.29, 1.82) is 0 Å². The van der Waals surface area contributed by atoms with Crippen LogP contribution < -0.4 is 20.7 Å². The lowest BCUT2D eigenvalue weighted by molar-refractivity contribution is -0.145. The molecule has 0 aromatic heterocycles. The minimum Gasteiger partial charge on any atom is -0.497 e. The van der Waals surface area contributed by atoms with E-state index in [9.17, 15) is 19.2 Å². The maximum atomic E-state index is 12.6. The van der Waals surface area contributed by atoms with Gasteiger partial charge in [-0.15, -0.1) is 0 Å². The van der Waals surface area contributed by atoms with Gasteiger partial charge in [0, 0.05) is 12.8 Å². The Labute approximate surface area is 191 Å². The number of benzene rings is 2. The zero-order valence-corrected chi connectivity index (χ0v) is 18.5. The van der Waals surface area contributed by atoms with Crippen molar-refractivity contribution >= 4 is 23.7 Å². The molecule has 0 spiro atoms. The molecule has 9 nitrogen and oxygen atoms in total. The molecule has 0 unspecified atom stereocenters. The Kier molecular flexibility index (Phi) is 8.01. The molecule has 2 aromatic carbocycles. The molecule has 3 N–H and O–H groups in total. The maximum Gasteiger partial charge on any atom is 0.328 e. The zero-order valence-electron chi connectivity index (χ0n) is 18.5. The fraction of sp³-hybridized carbons (Fsp3) is 0.333. The number of esters is 1. The zero-order chi connectivity index (χ0) is 23.8. The number of piperazine rings is 1. The summed E-state index contributed by atoms with van der Waals surface area (Å²) in [7, 11) is 2.79. The van der Waals surface area contributed by atoms with Crippen molar-refractivity contribution in [3.63, 3.8) is 0 Å². The molecule has 33 heavy (non-hydrogen) atoms. The van der Waals surface area contributed by atoms with Gasteiger partial charge in [-0.25, -0.2) is 4.79 Å². The van der Waals surface area contributed by atoms with Crippen LogP contribution in [-0.4, -0.2) is 56.0 Å². The predicted octanol–water partition coefficient (Wildman–Crippen LogP) is 0.512. The predicted molar refractivity (Wildman–Crippen MR) is 119 cm³/mol. The van der Waals surface area contributed by atoms with E-state index in [4.69, 9.17) is 9.47 Å². The smallest absolute Gasteiger partial charge is 0.328 e. The average Bonchev–Trinajstić information content (AvgIpc) is 2.82. The Hall–Kier alpha value is -3.88. The first kappa shape index (κ1) is 23.8. The molecule has 9 heteroatoms. The lowest BCUT2D eigenvalue weighted by Crippen LogP contribution is -2.63.